The smallest absolute Gasteiger partial charge is 0.267 e. The lowest BCUT2D eigenvalue weighted by atomic mass is 9.90. The van der Waals surface area contributed by atoms with Gasteiger partial charge in [-0.1, -0.05) is 27.4 Å². The molecule has 0 aromatic carbocycles. The predicted octanol–water partition coefficient (Wildman–Crippen LogP) is 2.01. The SMILES string of the molecule is C=CC(=O)n1cc(C(C)(C)C)cn1. The van der Waals surface area contributed by atoms with Crippen LogP contribution < -0.4 is 0 Å². The van der Waals surface area contributed by atoms with Crippen LogP contribution in [0.4, 0.5) is 0 Å². The van der Waals surface area contributed by atoms with Gasteiger partial charge in [0, 0.05) is 6.20 Å². The van der Waals surface area contributed by atoms with Crippen molar-refractivity contribution in [2.45, 2.75) is 26.2 Å². The molecule has 1 heterocycles. The molecule has 0 fully saturated rings. The van der Waals surface area contributed by atoms with E-state index in [9.17, 15) is 4.79 Å². The van der Waals surface area contributed by atoms with Crippen molar-refractivity contribution < 1.29 is 4.79 Å². The fraction of sp³-hybridized carbons (Fsp3) is 0.400. The van der Waals surface area contributed by atoms with Crippen LogP contribution >= 0.6 is 0 Å². The monoisotopic (exact) mass is 178 g/mol. The molecule has 0 amide bonds. The van der Waals surface area contributed by atoms with Gasteiger partial charge < -0.3 is 0 Å². The summed E-state index contributed by atoms with van der Waals surface area (Å²) in [6.45, 7) is 9.63. The maximum absolute atomic E-state index is 11.1. The molecule has 0 aliphatic heterocycles. The summed E-state index contributed by atoms with van der Waals surface area (Å²) in [6, 6.07) is 0. The van der Waals surface area contributed by atoms with E-state index in [-0.39, 0.29) is 11.3 Å². The summed E-state index contributed by atoms with van der Waals surface area (Å²) in [5.41, 5.74) is 1.07. The number of allylic oxidation sites excluding steroid dienone is 1. The van der Waals surface area contributed by atoms with Crippen LogP contribution in [0.3, 0.4) is 0 Å². The Morgan fingerprint density at radius 3 is 2.62 bits per heavy atom. The summed E-state index contributed by atoms with van der Waals surface area (Å²) in [7, 11) is 0. The summed E-state index contributed by atoms with van der Waals surface area (Å²) in [5.74, 6) is -0.199. The van der Waals surface area contributed by atoms with Gasteiger partial charge in [-0.15, -0.1) is 0 Å². The number of hydrogen-bond donors (Lipinski definition) is 0. The van der Waals surface area contributed by atoms with Crippen LogP contribution in [-0.4, -0.2) is 15.7 Å². The Morgan fingerprint density at radius 1 is 1.62 bits per heavy atom. The Hall–Kier alpha value is -1.38. The zero-order valence-electron chi connectivity index (χ0n) is 8.24. The highest BCUT2D eigenvalue weighted by molar-refractivity contribution is 5.88. The topological polar surface area (TPSA) is 34.9 Å². The lowest BCUT2D eigenvalue weighted by Crippen LogP contribution is -2.11. The van der Waals surface area contributed by atoms with E-state index in [1.165, 1.54) is 10.8 Å². The van der Waals surface area contributed by atoms with Crippen molar-refractivity contribution in [3.63, 3.8) is 0 Å². The normalized spacial score (nSPS) is 11.3. The van der Waals surface area contributed by atoms with Gasteiger partial charge in [0.05, 0.1) is 6.20 Å². The van der Waals surface area contributed by atoms with E-state index in [0.29, 0.717) is 0 Å². The number of nitrogens with zero attached hydrogens (tertiary/aromatic N) is 2. The fourth-order valence-electron chi connectivity index (χ4n) is 0.924. The second-order valence-electron chi connectivity index (χ2n) is 3.97. The molecule has 0 spiro atoms. The van der Waals surface area contributed by atoms with Crippen LogP contribution in [0.2, 0.25) is 0 Å². The lowest BCUT2D eigenvalue weighted by molar-refractivity contribution is 0.0954. The standard InChI is InChI=1S/C10H14N2O/c1-5-9(13)12-7-8(6-11-12)10(2,3)4/h5-7H,1H2,2-4H3. The minimum atomic E-state index is -0.199. The van der Waals surface area contributed by atoms with Crippen LogP contribution in [0.15, 0.2) is 25.0 Å². The average Bonchev–Trinajstić information content (AvgIpc) is 2.50. The average molecular weight is 178 g/mol. The molecule has 0 atom stereocenters. The molecule has 0 saturated carbocycles. The molecule has 1 aromatic rings. The Kier molecular flexibility index (Phi) is 2.36. The summed E-state index contributed by atoms with van der Waals surface area (Å²) < 4.78 is 1.30. The minimum absolute atomic E-state index is 0.0275. The van der Waals surface area contributed by atoms with Gasteiger partial charge in [-0.05, 0) is 17.1 Å². The van der Waals surface area contributed by atoms with Gasteiger partial charge in [0.25, 0.3) is 5.91 Å². The van der Waals surface area contributed by atoms with Crippen LogP contribution in [0, 0.1) is 0 Å². The maximum atomic E-state index is 11.1. The molecule has 0 N–H and O–H groups in total. The highest BCUT2D eigenvalue weighted by atomic mass is 16.2. The summed E-state index contributed by atoms with van der Waals surface area (Å²) in [6.07, 6.45) is 4.70. The number of aromatic nitrogens is 2. The third-order valence-electron chi connectivity index (χ3n) is 1.85. The Bertz CT molecular complexity index is 331. The minimum Gasteiger partial charge on any atom is -0.267 e. The molecule has 13 heavy (non-hydrogen) atoms. The number of carbonyl (C=O) groups excluding carboxylic acids is 1. The van der Waals surface area contributed by atoms with Crippen molar-refractivity contribution in [1.29, 1.82) is 0 Å². The molecule has 0 bridgehead atoms. The van der Waals surface area contributed by atoms with E-state index in [4.69, 9.17) is 0 Å². The van der Waals surface area contributed by atoms with Gasteiger partial charge in [0.1, 0.15) is 0 Å². The first kappa shape index (κ1) is 9.71. The van der Waals surface area contributed by atoms with Gasteiger partial charge >= 0.3 is 0 Å². The second kappa shape index (κ2) is 3.17. The molecule has 0 radical (unpaired) electrons. The van der Waals surface area contributed by atoms with Crippen LogP contribution in [-0.2, 0) is 5.41 Å². The largest absolute Gasteiger partial charge is 0.270 e. The van der Waals surface area contributed by atoms with Crippen LogP contribution in [0.5, 0.6) is 0 Å². The van der Waals surface area contributed by atoms with Crippen molar-refractivity contribution in [3.8, 4) is 0 Å². The van der Waals surface area contributed by atoms with Gasteiger partial charge in [-0.25, -0.2) is 4.68 Å². The third kappa shape index (κ3) is 2.05. The first-order valence-electron chi connectivity index (χ1n) is 4.17. The highest BCUT2D eigenvalue weighted by Gasteiger charge is 2.16. The van der Waals surface area contributed by atoms with E-state index in [2.05, 4.69) is 32.4 Å². The second-order valence-corrected chi connectivity index (χ2v) is 3.97. The first-order chi connectivity index (χ1) is 5.95. The van der Waals surface area contributed by atoms with Gasteiger partial charge in [0.15, 0.2) is 0 Å². The molecule has 1 rings (SSSR count). The summed E-state index contributed by atoms with van der Waals surface area (Å²) in [5, 5.41) is 3.95. The fourth-order valence-corrected chi connectivity index (χ4v) is 0.924. The molecule has 1 aromatic heterocycles. The van der Waals surface area contributed by atoms with E-state index in [0.717, 1.165) is 5.56 Å². The van der Waals surface area contributed by atoms with E-state index < -0.39 is 0 Å². The molecular weight excluding hydrogens is 164 g/mol. The molecule has 3 nitrogen and oxygen atoms in total. The summed E-state index contributed by atoms with van der Waals surface area (Å²) in [4.78, 5) is 11.1. The van der Waals surface area contributed by atoms with Crippen LogP contribution in [0.25, 0.3) is 0 Å². The molecular formula is C10H14N2O. The molecule has 0 saturated heterocycles. The van der Waals surface area contributed by atoms with Gasteiger partial charge in [-0.2, -0.15) is 5.10 Å². The molecule has 70 valence electrons. The van der Waals surface area contributed by atoms with Crippen molar-refractivity contribution in [1.82, 2.24) is 9.78 Å². The Morgan fingerprint density at radius 2 is 2.23 bits per heavy atom. The van der Waals surface area contributed by atoms with Gasteiger partial charge in [0.2, 0.25) is 0 Å². The maximum Gasteiger partial charge on any atom is 0.270 e. The molecule has 0 aliphatic carbocycles. The quantitative estimate of drug-likeness (QED) is 0.616. The highest BCUT2D eigenvalue weighted by Crippen LogP contribution is 2.20. The number of hydrogen-bond acceptors (Lipinski definition) is 2. The lowest BCUT2D eigenvalue weighted by Gasteiger charge is -2.14. The zero-order chi connectivity index (χ0) is 10.1. The predicted molar refractivity (Wildman–Crippen MR) is 51.8 cm³/mol. The zero-order valence-corrected chi connectivity index (χ0v) is 8.24. The van der Waals surface area contributed by atoms with Crippen molar-refractivity contribution in [2.75, 3.05) is 0 Å². The number of carbonyl (C=O) groups is 1. The van der Waals surface area contributed by atoms with E-state index in [1.54, 1.807) is 12.4 Å². The Labute approximate surface area is 78.1 Å². The Balaban J connectivity index is 3.00. The van der Waals surface area contributed by atoms with Crippen LogP contribution in [0.1, 0.15) is 31.1 Å². The molecule has 0 aliphatic rings. The van der Waals surface area contributed by atoms with E-state index >= 15 is 0 Å². The van der Waals surface area contributed by atoms with Gasteiger partial charge in [-0.3, -0.25) is 4.79 Å². The van der Waals surface area contributed by atoms with Crippen molar-refractivity contribution in [2.24, 2.45) is 0 Å². The molecule has 0 unspecified atom stereocenters. The third-order valence-corrected chi connectivity index (χ3v) is 1.85. The van der Waals surface area contributed by atoms with Crippen molar-refractivity contribution >= 4 is 5.91 Å². The van der Waals surface area contributed by atoms with E-state index in [1.807, 2.05) is 0 Å². The first-order valence-corrected chi connectivity index (χ1v) is 4.17. The van der Waals surface area contributed by atoms with Crippen molar-refractivity contribution in [3.05, 3.63) is 30.6 Å². The molecule has 3 heteroatoms. The number of rotatable bonds is 1. The summed E-state index contributed by atoms with van der Waals surface area (Å²) >= 11 is 0.